The topological polar surface area (TPSA) is 92.8 Å². The Bertz CT molecular complexity index is 1050. The summed E-state index contributed by atoms with van der Waals surface area (Å²) in [4.78, 5) is 24.7. The van der Waals surface area contributed by atoms with E-state index < -0.39 is 16.0 Å². The molecule has 1 saturated heterocycles. The Hall–Kier alpha value is -2.87. The SMILES string of the molecule is CCCCOC(=O)c1ccc(NC(=O)c2ccc(C)c(N3CCCCS3(=O)=O)c2)cc1. The molecule has 1 amide bonds. The summed E-state index contributed by atoms with van der Waals surface area (Å²) < 4.78 is 31.5. The maximum Gasteiger partial charge on any atom is 0.338 e. The summed E-state index contributed by atoms with van der Waals surface area (Å²) in [5.41, 5.74) is 2.65. The van der Waals surface area contributed by atoms with Crippen molar-refractivity contribution in [2.24, 2.45) is 0 Å². The van der Waals surface area contributed by atoms with Gasteiger partial charge in [-0.1, -0.05) is 19.4 Å². The Balaban J connectivity index is 1.71. The number of aryl methyl sites for hydroxylation is 1. The summed E-state index contributed by atoms with van der Waals surface area (Å²) in [6.07, 6.45) is 3.21. The Morgan fingerprint density at radius 1 is 1.06 bits per heavy atom. The van der Waals surface area contributed by atoms with Crippen molar-refractivity contribution in [3.8, 4) is 0 Å². The van der Waals surface area contributed by atoms with Gasteiger partial charge in [0.15, 0.2) is 0 Å². The number of sulfonamides is 1. The monoisotopic (exact) mass is 444 g/mol. The molecule has 0 unspecified atom stereocenters. The van der Waals surface area contributed by atoms with Gasteiger partial charge in [-0.2, -0.15) is 0 Å². The molecular formula is C23H28N2O5S. The highest BCUT2D eigenvalue weighted by Crippen LogP contribution is 2.28. The van der Waals surface area contributed by atoms with Crippen LogP contribution in [0.25, 0.3) is 0 Å². The Kier molecular flexibility index (Phi) is 7.33. The first kappa shape index (κ1) is 22.8. The second-order valence-corrected chi connectivity index (χ2v) is 9.63. The molecule has 166 valence electrons. The third kappa shape index (κ3) is 5.64. The van der Waals surface area contributed by atoms with E-state index in [1.165, 1.54) is 4.31 Å². The fourth-order valence-electron chi connectivity index (χ4n) is 3.36. The summed E-state index contributed by atoms with van der Waals surface area (Å²) >= 11 is 0. The Morgan fingerprint density at radius 3 is 2.45 bits per heavy atom. The first-order valence-electron chi connectivity index (χ1n) is 10.5. The minimum absolute atomic E-state index is 0.121. The number of rotatable bonds is 7. The van der Waals surface area contributed by atoms with Gasteiger partial charge in [0.1, 0.15) is 0 Å². The molecule has 0 bridgehead atoms. The molecule has 1 aliphatic heterocycles. The van der Waals surface area contributed by atoms with E-state index in [1.54, 1.807) is 42.5 Å². The fraction of sp³-hybridized carbons (Fsp3) is 0.391. The van der Waals surface area contributed by atoms with Gasteiger partial charge in [-0.15, -0.1) is 0 Å². The normalized spacial score (nSPS) is 15.4. The number of esters is 1. The summed E-state index contributed by atoms with van der Waals surface area (Å²) in [6.45, 7) is 4.66. The number of nitrogens with one attached hydrogen (secondary N) is 1. The minimum Gasteiger partial charge on any atom is -0.462 e. The summed E-state index contributed by atoms with van der Waals surface area (Å²) in [5, 5.41) is 2.79. The highest BCUT2D eigenvalue weighted by Gasteiger charge is 2.27. The molecule has 1 fully saturated rings. The van der Waals surface area contributed by atoms with Gasteiger partial charge in [0.05, 0.1) is 23.6 Å². The number of carbonyl (C=O) groups is 2. The zero-order valence-corrected chi connectivity index (χ0v) is 18.7. The number of ether oxygens (including phenoxy) is 1. The van der Waals surface area contributed by atoms with Crippen molar-refractivity contribution in [3.63, 3.8) is 0 Å². The van der Waals surface area contributed by atoms with Gasteiger partial charge in [-0.05, 0) is 68.1 Å². The maximum absolute atomic E-state index is 12.7. The standard InChI is InChI=1S/C23H28N2O5S/c1-3-4-14-30-23(27)18-9-11-20(12-10-18)24-22(26)19-8-7-17(2)21(16-19)25-13-5-6-15-31(25,28)29/h7-12,16H,3-6,13-15H2,1-2H3,(H,24,26). The third-order valence-electron chi connectivity index (χ3n) is 5.20. The quantitative estimate of drug-likeness (QED) is 0.512. The molecular weight excluding hydrogens is 416 g/mol. The van der Waals surface area contributed by atoms with Crippen LogP contribution in [-0.2, 0) is 14.8 Å². The van der Waals surface area contributed by atoms with Crippen molar-refractivity contribution in [2.75, 3.05) is 28.5 Å². The lowest BCUT2D eigenvalue weighted by atomic mass is 10.1. The van der Waals surface area contributed by atoms with Crippen molar-refractivity contribution in [2.45, 2.75) is 39.5 Å². The van der Waals surface area contributed by atoms with Gasteiger partial charge in [0.2, 0.25) is 10.0 Å². The maximum atomic E-state index is 12.7. The van der Waals surface area contributed by atoms with Gasteiger partial charge in [-0.3, -0.25) is 9.10 Å². The predicted octanol–water partition coefficient (Wildman–Crippen LogP) is 4.13. The molecule has 0 atom stereocenters. The zero-order valence-electron chi connectivity index (χ0n) is 17.9. The third-order valence-corrected chi connectivity index (χ3v) is 7.05. The van der Waals surface area contributed by atoms with Crippen molar-refractivity contribution >= 4 is 33.3 Å². The molecule has 7 nitrogen and oxygen atoms in total. The molecule has 31 heavy (non-hydrogen) atoms. The van der Waals surface area contributed by atoms with E-state index in [0.717, 1.165) is 24.8 Å². The summed E-state index contributed by atoms with van der Waals surface area (Å²) in [7, 11) is -3.36. The number of unbranched alkanes of at least 4 members (excludes halogenated alkanes) is 1. The van der Waals surface area contributed by atoms with Crippen LogP contribution in [0.1, 0.15) is 58.9 Å². The van der Waals surface area contributed by atoms with Crippen LogP contribution < -0.4 is 9.62 Å². The summed E-state index contributed by atoms with van der Waals surface area (Å²) in [5.74, 6) is -0.623. The van der Waals surface area contributed by atoms with E-state index in [4.69, 9.17) is 4.74 Å². The lowest BCUT2D eigenvalue weighted by molar-refractivity contribution is 0.0499. The number of carbonyl (C=O) groups excluding carboxylic acids is 2. The van der Waals surface area contributed by atoms with E-state index in [-0.39, 0.29) is 11.7 Å². The number of hydrogen-bond donors (Lipinski definition) is 1. The van der Waals surface area contributed by atoms with Crippen LogP contribution in [0.2, 0.25) is 0 Å². The largest absolute Gasteiger partial charge is 0.462 e. The second-order valence-electron chi connectivity index (χ2n) is 7.62. The molecule has 1 N–H and O–H groups in total. The van der Waals surface area contributed by atoms with E-state index in [9.17, 15) is 18.0 Å². The van der Waals surface area contributed by atoms with Gasteiger partial charge in [0.25, 0.3) is 5.91 Å². The zero-order chi connectivity index (χ0) is 22.4. The predicted molar refractivity (Wildman–Crippen MR) is 121 cm³/mol. The lowest BCUT2D eigenvalue weighted by Crippen LogP contribution is -2.38. The first-order valence-corrected chi connectivity index (χ1v) is 12.1. The van der Waals surface area contributed by atoms with Gasteiger partial charge in [0, 0.05) is 17.8 Å². The van der Waals surface area contributed by atoms with E-state index in [2.05, 4.69) is 5.32 Å². The number of anilines is 2. The first-order chi connectivity index (χ1) is 14.8. The highest BCUT2D eigenvalue weighted by atomic mass is 32.2. The molecule has 0 aliphatic carbocycles. The van der Waals surface area contributed by atoms with E-state index in [0.29, 0.717) is 42.1 Å². The Morgan fingerprint density at radius 2 is 1.77 bits per heavy atom. The number of amides is 1. The smallest absolute Gasteiger partial charge is 0.338 e. The molecule has 2 aromatic rings. The van der Waals surface area contributed by atoms with E-state index in [1.807, 2.05) is 13.8 Å². The van der Waals surface area contributed by atoms with Gasteiger partial charge in [-0.25, -0.2) is 13.2 Å². The molecule has 0 aromatic heterocycles. The molecule has 1 heterocycles. The van der Waals surface area contributed by atoms with Crippen LogP contribution >= 0.6 is 0 Å². The molecule has 1 aliphatic rings. The van der Waals surface area contributed by atoms with Crippen LogP contribution in [0.5, 0.6) is 0 Å². The number of hydrogen-bond acceptors (Lipinski definition) is 5. The summed E-state index contributed by atoms with van der Waals surface area (Å²) in [6, 6.07) is 11.5. The number of benzene rings is 2. The minimum atomic E-state index is -3.36. The average molecular weight is 445 g/mol. The van der Waals surface area contributed by atoms with Crippen molar-refractivity contribution in [1.29, 1.82) is 0 Å². The van der Waals surface area contributed by atoms with Crippen molar-refractivity contribution < 1.29 is 22.7 Å². The molecule has 0 saturated carbocycles. The molecule has 0 spiro atoms. The number of nitrogens with zero attached hydrogens (tertiary/aromatic N) is 1. The van der Waals surface area contributed by atoms with Crippen LogP contribution in [0.15, 0.2) is 42.5 Å². The fourth-order valence-corrected chi connectivity index (χ4v) is 5.06. The average Bonchev–Trinajstić information content (AvgIpc) is 2.74. The van der Waals surface area contributed by atoms with Crippen LogP contribution in [0.4, 0.5) is 11.4 Å². The van der Waals surface area contributed by atoms with Gasteiger partial charge < -0.3 is 10.1 Å². The highest BCUT2D eigenvalue weighted by molar-refractivity contribution is 7.92. The van der Waals surface area contributed by atoms with Crippen LogP contribution in [0, 0.1) is 6.92 Å². The van der Waals surface area contributed by atoms with Crippen molar-refractivity contribution in [3.05, 3.63) is 59.2 Å². The van der Waals surface area contributed by atoms with Crippen LogP contribution in [0.3, 0.4) is 0 Å². The molecule has 2 aromatic carbocycles. The molecule has 0 radical (unpaired) electrons. The van der Waals surface area contributed by atoms with Crippen LogP contribution in [-0.4, -0.2) is 39.2 Å². The second kappa shape index (κ2) is 9.96. The van der Waals surface area contributed by atoms with Crippen molar-refractivity contribution in [1.82, 2.24) is 0 Å². The van der Waals surface area contributed by atoms with Gasteiger partial charge >= 0.3 is 5.97 Å². The lowest BCUT2D eigenvalue weighted by Gasteiger charge is -2.29. The molecule has 8 heteroatoms. The van der Waals surface area contributed by atoms with E-state index >= 15 is 0 Å². The Labute approximate surface area is 183 Å². The molecule has 3 rings (SSSR count).